The van der Waals surface area contributed by atoms with Crippen molar-refractivity contribution >= 4 is 15.6 Å². The molecule has 1 aliphatic rings. The molecule has 1 saturated heterocycles. The van der Waals surface area contributed by atoms with E-state index in [1.54, 1.807) is 0 Å². The van der Waals surface area contributed by atoms with Gasteiger partial charge in [-0.3, -0.25) is 18.9 Å². The number of nitrogens with zero attached hydrogens (tertiary/aromatic N) is 1. The molecule has 1 fully saturated rings. The largest absolute Gasteiger partial charge is 0.481 e. The van der Waals surface area contributed by atoms with E-state index in [0.717, 1.165) is 0 Å². The van der Waals surface area contributed by atoms with Crippen LogP contribution in [0, 0.1) is 0 Å². The SMILES string of the molecule is O=c1[nH]c(=O)n([C@H]2CC[C@@](F)(COP(=O)(O)OP(=O)(O)O)O2)cc1C(F)(F)F. The van der Waals surface area contributed by atoms with Crippen molar-refractivity contribution in [2.75, 3.05) is 6.61 Å². The average Bonchev–Trinajstić information content (AvgIpc) is 2.84. The molecule has 1 aromatic rings. The molecular weight excluding hydrogens is 446 g/mol. The Labute approximate surface area is 151 Å². The van der Waals surface area contributed by atoms with E-state index in [1.165, 1.54) is 4.98 Å². The van der Waals surface area contributed by atoms with Crippen LogP contribution in [-0.4, -0.2) is 36.7 Å². The average molecular weight is 458 g/mol. The Hall–Kier alpha value is -1.38. The maximum atomic E-state index is 14.5. The van der Waals surface area contributed by atoms with Gasteiger partial charge in [0.1, 0.15) is 18.4 Å². The Morgan fingerprint density at radius 2 is 1.93 bits per heavy atom. The van der Waals surface area contributed by atoms with E-state index in [1.807, 2.05) is 0 Å². The van der Waals surface area contributed by atoms with Crippen LogP contribution in [0.15, 0.2) is 15.8 Å². The lowest BCUT2D eigenvalue weighted by molar-refractivity contribution is -0.175. The van der Waals surface area contributed by atoms with Crippen molar-refractivity contribution in [2.24, 2.45) is 0 Å². The van der Waals surface area contributed by atoms with Crippen LogP contribution in [0.3, 0.4) is 0 Å². The monoisotopic (exact) mass is 458 g/mol. The van der Waals surface area contributed by atoms with Gasteiger partial charge in [-0.15, -0.1) is 0 Å². The molecule has 0 radical (unpaired) electrons. The number of rotatable bonds is 6. The number of aromatic nitrogens is 2. The molecule has 12 nitrogen and oxygen atoms in total. The summed E-state index contributed by atoms with van der Waals surface area (Å²) in [6, 6.07) is 0. The van der Waals surface area contributed by atoms with Crippen LogP contribution in [0.2, 0.25) is 0 Å². The van der Waals surface area contributed by atoms with E-state index >= 15 is 0 Å². The normalized spacial score (nSPS) is 25.6. The van der Waals surface area contributed by atoms with E-state index < -0.39 is 70.2 Å². The minimum absolute atomic E-state index is 0.131. The van der Waals surface area contributed by atoms with Gasteiger partial charge in [0.2, 0.25) is 5.85 Å². The molecule has 0 amide bonds. The number of phosphoric acid groups is 2. The molecule has 0 spiro atoms. The molecule has 1 unspecified atom stereocenters. The fourth-order valence-corrected chi connectivity index (χ4v) is 3.86. The molecule has 3 atom stereocenters. The highest BCUT2D eigenvalue weighted by Crippen LogP contribution is 2.58. The van der Waals surface area contributed by atoms with Crippen LogP contribution in [-0.2, 0) is 28.9 Å². The minimum Gasteiger partial charge on any atom is -0.320 e. The second kappa shape index (κ2) is 7.46. The van der Waals surface area contributed by atoms with Crippen LogP contribution in [0.4, 0.5) is 17.6 Å². The Kier molecular flexibility index (Phi) is 6.10. The molecular formula is C10H12F4N2O10P2. The lowest BCUT2D eigenvalue weighted by Crippen LogP contribution is -2.37. The number of hydrogen-bond donors (Lipinski definition) is 4. The summed E-state index contributed by atoms with van der Waals surface area (Å²) in [6.45, 7) is -1.40. The Morgan fingerprint density at radius 3 is 2.46 bits per heavy atom. The molecule has 0 saturated carbocycles. The van der Waals surface area contributed by atoms with Gasteiger partial charge in [0, 0.05) is 12.6 Å². The second-order valence-electron chi connectivity index (χ2n) is 5.52. The van der Waals surface area contributed by atoms with Gasteiger partial charge in [0.05, 0.1) is 0 Å². The summed E-state index contributed by atoms with van der Waals surface area (Å²) in [4.78, 5) is 50.3. The van der Waals surface area contributed by atoms with E-state index in [2.05, 4.69) is 8.83 Å². The zero-order valence-electron chi connectivity index (χ0n) is 13.3. The molecule has 1 aromatic heterocycles. The first-order valence-electron chi connectivity index (χ1n) is 7.05. The van der Waals surface area contributed by atoms with Crippen molar-refractivity contribution in [2.45, 2.75) is 31.1 Å². The van der Waals surface area contributed by atoms with E-state index in [-0.39, 0.29) is 10.8 Å². The smallest absolute Gasteiger partial charge is 0.320 e. The Morgan fingerprint density at radius 1 is 1.32 bits per heavy atom. The van der Waals surface area contributed by atoms with Crippen molar-refractivity contribution in [3.05, 3.63) is 32.6 Å². The number of alkyl halides is 4. The fourth-order valence-electron chi connectivity index (χ4n) is 2.24. The van der Waals surface area contributed by atoms with Crippen molar-refractivity contribution in [1.82, 2.24) is 9.55 Å². The van der Waals surface area contributed by atoms with Crippen LogP contribution in [0.1, 0.15) is 24.6 Å². The van der Waals surface area contributed by atoms with Crippen LogP contribution < -0.4 is 11.2 Å². The number of nitrogens with one attached hydrogen (secondary N) is 1. The number of ether oxygens (including phenoxy) is 1. The van der Waals surface area contributed by atoms with Gasteiger partial charge in [-0.2, -0.15) is 17.5 Å². The minimum atomic E-state index is -5.45. The van der Waals surface area contributed by atoms with Gasteiger partial charge < -0.3 is 19.4 Å². The van der Waals surface area contributed by atoms with Gasteiger partial charge in [-0.05, 0) is 6.42 Å². The maximum absolute atomic E-state index is 14.5. The summed E-state index contributed by atoms with van der Waals surface area (Å²) in [5.41, 5.74) is -4.78. The van der Waals surface area contributed by atoms with Gasteiger partial charge in [-0.25, -0.2) is 18.3 Å². The Balaban J connectivity index is 2.17. The third-order valence-corrected chi connectivity index (χ3v) is 5.48. The summed E-state index contributed by atoms with van der Waals surface area (Å²) >= 11 is 0. The van der Waals surface area contributed by atoms with E-state index in [4.69, 9.17) is 19.4 Å². The number of halogens is 4. The van der Waals surface area contributed by atoms with E-state index in [9.17, 15) is 36.3 Å². The highest BCUT2D eigenvalue weighted by molar-refractivity contribution is 7.60. The first-order chi connectivity index (χ1) is 12.5. The quantitative estimate of drug-likeness (QED) is 0.351. The summed E-state index contributed by atoms with van der Waals surface area (Å²) in [7, 11) is -10.8. The molecule has 2 rings (SSSR count). The summed E-state index contributed by atoms with van der Waals surface area (Å²) in [5, 5.41) is 0. The number of phosphoric ester groups is 1. The van der Waals surface area contributed by atoms with Gasteiger partial charge in [0.25, 0.3) is 5.56 Å². The molecule has 28 heavy (non-hydrogen) atoms. The first-order valence-corrected chi connectivity index (χ1v) is 10.1. The standard InChI is InChI=1S/C10H12F4N2O10P2/c11-9(4-24-28(22,23)26-27(19,20)21)2-1-6(25-9)16-3-5(10(12,13)14)7(17)15-8(16)18/h3,6H,1-2,4H2,(H,22,23)(H,15,17,18)(H2,19,20,21)/t6-,9+/m1/s1. The molecule has 2 heterocycles. The highest BCUT2D eigenvalue weighted by atomic mass is 31.3. The van der Waals surface area contributed by atoms with Crippen molar-refractivity contribution in [1.29, 1.82) is 0 Å². The van der Waals surface area contributed by atoms with Gasteiger partial charge in [0.15, 0.2) is 0 Å². The number of hydrogen-bond acceptors (Lipinski definition) is 7. The second-order valence-corrected chi connectivity index (χ2v) is 8.35. The van der Waals surface area contributed by atoms with Crippen molar-refractivity contribution < 1.29 is 54.9 Å². The number of H-pyrrole nitrogens is 1. The van der Waals surface area contributed by atoms with Crippen molar-refractivity contribution in [3.63, 3.8) is 0 Å². The lowest BCUT2D eigenvalue weighted by Gasteiger charge is -2.22. The molecule has 0 bridgehead atoms. The van der Waals surface area contributed by atoms with Gasteiger partial charge in [-0.1, -0.05) is 0 Å². The van der Waals surface area contributed by atoms with Crippen LogP contribution in [0.25, 0.3) is 0 Å². The zero-order valence-corrected chi connectivity index (χ0v) is 15.1. The summed E-state index contributed by atoms with van der Waals surface area (Å²) in [5.74, 6) is -2.91. The predicted molar refractivity (Wildman–Crippen MR) is 78.4 cm³/mol. The predicted octanol–water partition coefficient (Wildman–Crippen LogP) is 0.756. The van der Waals surface area contributed by atoms with E-state index in [0.29, 0.717) is 0 Å². The highest BCUT2D eigenvalue weighted by Gasteiger charge is 2.45. The van der Waals surface area contributed by atoms with Crippen LogP contribution >= 0.6 is 15.6 Å². The fraction of sp³-hybridized carbons (Fsp3) is 0.600. The molecule has 0 aromatic carbocycles. The zero-order chi connectivity index (χ0) is 21.5. The molecule has 1 aliphatic heterocycles. The molecule has 160 valence electrons. The van der Waals surface area contributed by atoms with Crippen LogP contribution in [0.5, 0.6) is 0 Å². The molecule has 0 aliphatic carbocycles. The third kappa shape index (κ3) is 5.81. The molecule has 4 N–H and O–H groups in total. The topological polar surface area (TPSA) is 177 Å². The third-order valence-electron chi connectivity index (χ3n) is 3.35. The summed E-state index contributed by atoms with van der Waals surface area (Å²) in [6.07, 6.45) is -7.66. The first kappa shape index (κ1) is 22.9. The maximum Gasteiger partial charge on any atom is 0.481 e. The Bertz CT molecular complexity index is 955. The lowest BCUT2D eigenvalue weighted by atomic mass is 10.2. The number of aromatic amines is 1. The summed E-state index contributed by atoms with van der Waals surface area (Å²) < 4.78 is 87.2. The molecule has 18 heteroatoms. The van der Waals surface area contributed by atoms with Crippen molar-refractivity contribution in [3.8, 4) is 0 Å². The van der Waals surface area contributed by atoms with Gasteiger partial charge >= 0.3 is 27.5 Å².